The van der Waals surface area contributed by atoms with Gasteiger partial charge in [-0.2, -0.15) is 5.10 Å². The normalized spacial score (nSPS) is 14.0. The Morgan fingerprint density at radius 1 is 1.12 bits per heavy atom. The number of H-pyrrole nitrogens is 1. The molecule has 1 N–H and O–H groups in total. The Labute approximate surface area is 208 Å². The van der Waals surface area contributed by atoms with Crippen LogP contribution in [-0.4, -0.2) is 79.6 Å². The zero-order valence-corrected chi connectivity index (χ0v) is 20.7. The molecule has 34 heavy (non-hydrogen) atoms. The number of amides is 1. The fraction of sp³-hybridized carbons (Fsp3) is 0.273. The van der Waals surface area contributed by atoms with E-state index in [4.69, 9.17) is 4.74 Å². The molecule has 4 aromatic heterocycles. The Balaban J connectivity index is 1.40. The summed E-state index contributed by atoms with van der Waals surface area (Å²) in [5.74, 6) is 1.18. The molecule has 5 heterocycles. The van der Waals surface area contributed by atoms with E-state index in [0.29, 0.717) is 54.5 Å². The van der Waals surface area contributed by atoms with Crippen LogP contribution in [0.2, 0.25) is 0 Å². The van der Waals surface area contributed by atoms with Crippen LogP contribution in [0.4, 0.5) is 5.82 Å². The predicted molar refractivity (Wildman–Crippen MR) is 132 cm³/mol. The lowest BCUT2D eigenvalue weighted by molar-refractivity contribution is -0.126. The van der Waals surface area contributed by atoms with Crippen molar-refractivity contribution in [1.82, 2.24) is 34.6 Å². The number of anilines is 1. The third kappa shape index (κ3) is 3.87. The molecule has 1 saturated heterocycles. The largest absolute Gasteiger partial charge is 0.494 e. The second kappa shape index (κ2) is 9.00. The number of hydrogen-bond donors (Lipinski definition) is 1. The van der Waals surface area contributed by atoms with Crippen molar-refractivity contribution in [2.45, 2.75) is 6.92 Å². The number of aryl methyl sites for hydroxylation is 1. The van der Waals surface area contributed by atoms with E-state index in [1.807, 2.05) is 12.1 Å². The van der Waals surface area contributed by atoms with E-state index < -0.39 is 11.7 Å². The molecule has 174 valence electrons. The monoisotopic (exact) mass is 572 g/mol. The Bertz CT molecular complexity index is 1390. The summed E-state index contributed by atoms with van der Waals surface area (Å²) in [6.07, 6.45) is 6.33. The molecule has 0 unspecified atom stereocenters. The summed E-state index contributed by atoms with van der Waals surface area (Å²) in [5.41, 5.74) is 0.772. The van der Waals surface area contributed by atoms with Gasteiger partial charge in [0.1, 0.15) is 23.7 Å². The van der Waals surface area contributed by atoms with Crippen molar-refractivity contribution >= 4 is 51.0 Å². The molecule has 1 fully saturated rings. The smallest absolute Gasteiger partial charge is 0.295 e. The summed E-state index contributed by atoms with van der Waals surface area (Å²) in [4.78, 5) is 46.2. The summed E-state index contributed by atoms with van der Waals surface area (Å²) in [6.45, 7) is 3.84. The fourth-order valence-corrected chi connectivity index (χ4v) is 4.74. The lowest BCUT2D eigenvalue weighted by Gasteiger charge is -2.35. The number of hydrogen-bond acceptors (Lipinski definition) is 8. The fourth-order valence-electron chi connectivity index (χ4n) is 4.05. The van der Waals surface area contributed by atoms with Crippen LogP contribution in [0.25, 0.3) is 16.7 Å². The number of nitrogens with zero attached hydrogens (tertiary/aromatic N) is 7. The highest BCUT2D eigenvalue weighted by Crippen LogP contribution is 2.32. The van der Waals surface area contributed by atoms with Gasteiger partial charge >= 0.3 is 0 Å². The van der Waals surface area contributed by atoms with Gasteiger partial charge in [0.05, 0.1) is 33.3 Å². The van der Waals surface area contributed by atoms with Crippen LogP contribution in [-0.2, 0) is 4.79 Å². The second-order valence-electron chi connectivity index (χ2n) is 7.76. The minimum absolute atomic E-state index is 0.235. The molecule has 5 rings (SSSR count). The van der Waals surface area contributed by atoms with Gasteiger partial charge in [-0.05, 0) is 41.6 Å². The number of carbonyl (C=O) groups excluding carboxylic acids is 2. The molecule has 1 aliphatic heterocycles. The molecule has 0 saturated carbocycles. The molecule has 0 radical (unpaired) electrons. The quantitative estimate of drug-likeness (QED) is 0.219. The highest BCUT2D eigenvalue weighted by atomic mass is 127. The Hall–Kier alpha value is -3.55. The topological polar surface area (TPSA) is 122 Å². The van der Waals surface area contributed by atoms with E-state index in [0.717, 1.165) is 9.39 Å². The Morgan fingerprint density at radius 2 is 1.91 bits per heavy atom. The molecule has 12 heteroatoms. The van der Waals surface area contributed by atoms with Gasteiger partial charge in [0.2, 0.25) is 0 Å². The average Bonchev–Trinajstić information content (AvgIpc) is 3.50. The van der Waals surface area contributed by atoms with E-state index in [9.17, 15) is 9.59 Å². The second-order valence-corrected chi connectivity index (χ2v) is 8.92. The standard InChI is InChI=1S/C22H21IN8O3/c1-13-27-12-31(28-13)21-18-17(16(34-2)11-26-21)14(10-25-18)19(32)22(33)30-8-6-29(7-9-30)20-15(23)4-3-5-24-20/h3-5,10-12,25H,6-9H2,1-2H3. The van der Waals surface area contributed by atoms with Gasteiger partial charge in [-0.15, -0.1) is 0 Å². The number of piperazine rings is 1. The number of aromatic nitrogens is 6. The van der Waals surface area contributed by atoms with E-state index >= 15 is 0 Å². The number of ether oxygens (including phenoxy) is 1. The number of carbonyl (C=O) groups is 2. The van der Waals surface area contributed by atoms with Crippen LogP contribution in [0.15, 0.2) is 37.1 Å². The zero-order valence-electron chi connectivity index (χ0n) is 18.5. The van der Waals surface area contributed by atoms with Crippen LogP contribution in [0.5, 0.6) is 5.75 Å². The number of aromatic amines is 1. The van der Waals surface area contributed by atoms with Crippen LogP contribution < -0.4 is 9.64 Å². The number of nitrogens with one attached hydrogen (secondary N) is 1. The van der Waals surface area contributed by atoms with Crippen LogP contribution in [0.1, 0.15) is 16.2 Å². The summed E-state index contributed by atoms with van der Waals surface area (Å²) < 4.78 is 8.02. The van der Waals surface area contributed by atoms with Gasteiger partial charge in [0.15, 0.2) is 5.82 Å². The maximum atomic E-state index is 13.3. The van der Waals surface area contributed by atoms with E-state index in [1.165, 1.54) is 24.2 Å². The number of ketones is 1. The van der Waals surface area contributed by atoms with Crippen molar-refractivity contribution in [2.75, 3.05) is 38.2 Å². The van der Waals surface area contributed by atoms with Crippen molar-refractivity contribution in [3.05, 3.63) is 52.0 Å². The first-order chi connectivity index (χ1) is 16.5. The Kier molecular flexibility index (Phi) is 5.89. The van der Waals surface area contributed by atoms with Gasteiger partial charge in [-0.3, -0.25) is 9.59 Å². The molecular formula is C22H21IN8O3. The maximum absolute atomic E-state index is 13.3. The molecule has 1 aliphatic rings. The zero-order chi connectivity index (χ0) is 23.8. The lowest BCUT2D eigenvalue weighted by atomic mass is 10.1. The molecule has 0 aliphatic carbocycles. The molecule has 11 nitrogen and oxygen atoms in total. The highest BCUT2D eigenvalue weighted by molar-refractivity contribution is 14.1. The van der Waals surface area contributed by atoms with Crippen molar-refractivity contribution in [2.24, 2.45) is 0 Å². The van der Waals surface area contributed by atoms with Gasteiger partial charge < -0.3 is 19.5 Å². The first-order valence-corrected chi connectivity index (χ1v) is 11.7. The summed E-state index contributed by atoms with van der Waals surface area (Å²) in [5, 5.41) is 4.79. The van der Waals surface area contributed by atoms with Crippen LogP contribution in [0.3, 0.4) is 0 Å². The van der Waals surface area contributed by atoms with E-state index in [-0.39, 0.29) is 5.56 Å². The number of halogens is 1. The average molecular weight is 572 g/mol. The molecule has 0 atom stereocenters. The Morgan fingerprint density at radius 3 is 2.59 bits per heavy atom. The van der Waals surface area contributed by atoms with Gasteiger partial charge in [0, 0.05) is 38.6 Å². The number of Topliss-reactive ketones (excluding diaryl/α,β-unsaturated/α-hetero) is 1. The third-order valence-electron chi connectivity index (χ3n) is 5.74. The first-order valence-electron chi connectivity index (χ1n) is 10.6. The molecule has 0 aromatic carbocycles. The third-order valence-corrected chi connectivity index (χ3v) is 6.58. The maximum Gasteiger partial charge on any atom is 0.295 e. The molecule has 4 aromatic rings. The van der Waals surface area contributed by atoms with Crippen molar-refractivity contribution in [1.29, 1.82) is 0 Å². The highest BCUT2D eigenvalue weighted by Gasteiger charge is 2.30. The molecule has 1 amide bonds. The van der Waals surface area contributed by atoms with Crippen molar-refractivity contribution in [3.63, 3.8) is 0 Å². The molecule has 0 spiro atoms. The summed E-state index contributed by atoms with van der Waals surface area (Å²) >= 11 is 2.25. The first kappa shape index (κ1) is 22.3. The van der Waals surface area contributed by atoms with Crippen molar-refractivity contribution in [3.8, 4) is 11.6 Å². The molecule has 0 bridgehead atoms. The van der Waals surface area contributed by atoms with Crippen molar-refractivity contribution < 1.29 is 14.3 Å². The molecular weight excluding hydrogens is 551 g/mol. The minimum atomic E-state index is -0.600. The lowest BCUT2D eigenvalue weighted by Crippen LogP contribution is -2.51. The number of pyridine rings is 2. The number of fused-ring (bicyclic) bond motifs is 1. The van der Waals surface area contributed by atoms with Gasteiger partial charge in [-0.25, -0.2) is 19.6 Å². The van der Waals surface area contributed by atoms with Crippen LogP contribution >= 0.6 is 22.6 Å². The predicted octanol–water partition coefficient (Wildman–Crippen LogP) is 1.99. The van der Waals surface area contributed by atoms with Gasteiger partial charge in [0.25, 0.3) is 11.7 Å². The SMILES string of the molecule is COc1cnc(-n2cnc(C)n2)c2[nH]cc(C(=O)C(=O)N3CCN(c4ncccc4I)CC3)c12. The number of methoxy groups -OCH3 is 1. The van der Waals surface area contributed by atoms with Gasteiger partial charge in [-0.1, -0.05) is 0 Å². The summed E-state index contributed by atoms with van der Waals surface area (Å²) in [6, 6.07) is 3.89. The number of rotatable bonds is 5. The summed E-state index contributed by atoms with van der Waals surface area (Å²) in [7, 11) is 1.50. The van der Waals surface area contributed by atoms with E-state index in [2.05, 4.69) is 52.5 Å². The minimum Gasteiger partial charge on any atom is -0.494 e. The van der Waals surface area contributed by atoms with Crippen LogP contribution in [0, 0.1) is 10.5 Å². The van der Waals surface area contributed by atoms with E-state index in [1.54, 1.807) is 24.3 Å².